The number of nitrogens with zero attached hydrogens (tertiary/aromatic N) is 4. The summed E-state index contributed by atoms with van der Waals surface area (Å²) in [4.78, 5) is 15.6. The summed E-state index contributed by atoms with van der Waals surface area (Å²) >= 11 is 0. The van der Waals surface area contributed by atoms with Crippen LogP contribution >= 0.6 is 0 Å². The molecule has 1 aliphatic heterocycles. The molecular weight excluding hydrogens is 312 g/mol. The summed E-state index contributed by atoms with van der Waals surface area (Å²) in [6.45, 7) is 3.99. The minimum Gasteiger partial charge on any atom is -0.393 e. The quantitative estimate of drug-likeness (QED) is 0.761. The van der Waals surface area contributed by atoms with Gasteiger partial charge in [0, 0.05) is 29.9 Å². The van der Waals surface area contributed by atoms with E-state index in [-0.39, 0.29) is 0 Å². The van der Waals surface area contributed by atoms with E-state index in [1.807, 2.05) is 31.2 Å². The van der Waals surface area contributed by atoms with Crippen LogP contribution in [0, 0.1) is 6.92 Å². The molecule has 1 aliphatic rings. The molecule has 0 saturated carbocycles. The van der Waals surface area contributed by atoms with Crippen LogP contribution < -0.4 is 16.0 Å². The minimum absolute atomic E-state index is 0.599. The summed E-state index contributed by atoms with van der Waals surface area (Å²) in [6.07, 6.45) is 5.21. The molecule has 0 atom stereocenters. The summed E-state index contributed by atoms with van der Waals surface area (Å²) in [5, 5.41) is 4.42. The van der Waals surface area contributed by atoms with E-state index in [0.717, 1.165) is 41.2 Å². The number of nitrogens with one attached hydrogen (secondary N) is 1. The second-order valence-electron chi connectivity index (χ2n) is 6.46. The molecule has 3 heterocycles. The van der Waals surface area contributed by atoms with Crippen molar-refractivity contribution in [1.82, 2.24) is 15.0 Å². The molecule has 0 amide bonds. The Morgan fingerprint density at radius 3 is 2.72 bits per heavy atom. The van der Waals surface area contributed by atoms with Gasteiger partial charge in [-0.1, -0.05) is 6.07 Å². The van der Waals surface area contributed by atoms with Crippen LogP contribution in [0.5, 0.6) is 0 Å². The Hall–Kier alpha value is -2.89. The van der Waals surface area contributed by atoms with Gasteiger partial charge in [-0.2, -0.15) is 0 Å². The number of fused-ring (bicyclic) bond motifs is 1. The van der Waals surface area contributed by atoms with Crippen LogP contribution in [-0.2, 0) is 0 Å². The van der Waals surface area contributed by atoms with Crippen molar-refractivity contribution in [3.63, 3.8) is 0 Å². The van der Waals surface area contributed by atoms with Crippen LogP contribution in [0.25, 0.3) is 10.9 Å². The first kappa shape index (κ1) is 15.6. The molecule has 6 nitrogen and oxygen atoms in total. The van der Waals surface area contributed by atoms with Gasteiger partial charge >= 0.3 is 0 Å². The van der Waals surface area contributed by atoms with Crippen molar-refractivity contribution in [2.75, 3.05) is 29.0 Å². The van der Waals surface area contributed by atoms with Crippen LogP contribution in [0.4, 0.5) is 23.0 Å². The smallest absolute Gasteiger partial charge is 0.159 e. The first-order valence-corrected chi connectivity index (χ1v) is 8.71. The van der Waals surface area contributed by atoms with Gasteiger partial charge in [0.25, 0.3) is 0 Å². The zero-order valence-electron chi connectivity index (χ0n) is 14.4. The summed E-state index contributed by atoms with van der Waals surface area (Å²) in [7, 11) is 0. The fourth-order valence-electron chi connectivity index (χ4n) is 3.34. The molecule has 1 aromatic carbocycles. The van der Waals surface area contributed by atoms with Gasteiger partial charge in [-0.25, -0.2) is 9.97 Å². The molecule has 25 heavy (non-hydrogen) atoms. The van der Waals surface area contributed by atoms with Crippen molar-refractivity contribution in [2.45, 2.75) is 26.2 Å². The number of rotatable bonds is 3. The molecule has 0 unspecified atom stereocenters. The van der Waals surface area contributed by atoms with Crippen molar-refractivity contribution >= 4 is 33.9 Å². The Morgan fingerprint density at radius 1 is 1.04 bits per heavy atom. The number of hydrogen-bond donors (Lipinski definition) is 2. The maximum Gasteiger partial charge on any atom is 0.159 e. The van der Waals surface area contributed by atoms with Gasteiger partial charge in [0.1, 0.15) is 12.0 Å². The second kappa shape index (κ2) is 6.55. The van der Waals surface area contributed by atoms with Gasteiger partial charge in [0.05, 0.1) is 5.52 Å². The van der Waals surface area contributed by atoms with E-state index in [1.54, 1.807) is 6.33 Å². The highest BCUT2D eigenvalue weighted by Gasteiger charge is 2.17. The predicted octanol–water partition coefficient (Wildman–Crippen LogP) is 3.65. The number of piperidine rings is 1. The highest BCUT2D eigenvalue weighted by atomic mass is 15.2. The summed E-state index contributed by atoms with van der Waals surface area (Å²) in [6, 6.07) is 10.1. The lowest BCUT2D eigenvalue weighted by Crippen LogP contribution is -2.31. The fraction of sp³-hybridized carbons (Fsp3) is 0.316. The topological polar surface area (TPSA) is 80.0 Å². The third-order valence-electron chi connectivity index (χ3n) is 4.64. The SMILES string of the molecule is Cc1ccc2c(Nc3ncnc(N4CCCCC4)c3N)cccc2n1. The molecule has 3 N–H and O–H groups in total. The highest BCUT2D eigenvalue weighted by Crippen LogP contribution is 2.32. The molecule has 1 saturated heterocycles. The molecule has 6 heteroatoms. The van der Waals surface area contributed by atoms with E-state index in [2.05, 4.69) is 31.2 Å². The second-order valence-corrected chi connectivity index (χ2v) is 6.46. The summed E-state index contributed by atoms with van der Waals surface area (Å²) in [5.41, 5.74) is 9.88. The van der Waals surface area contributed by atoms with E-state index < -0.39 is 0 Å². The number of anilines is 4. The Balaban J connectivity index is 1.69. The van der Waals surface area contributed by atoms with E-state index in [4.69, 9.17) is 5.73 Å². The minimum atomic E-state index is 0.599. The Labute approximate surface area is 147 Å². The van der Waals surface area contributed by atoms with E-state index in [1.165, 1.54) is 19.3 Å². The first-order valence-electron chi connectivity index (χ1n) is 8.71. The molecule has 3 aromatic rings. The normalized spacial score (nSPS) is 14.7. The predicted molar refractivity (Wildman–Crippen MR) is 102 cm³/mol. The summed E-state index contributed by atoms with van der Waals surface area (Å²) in [5.74, 6) is 1.47. The van der Waals surface area contributed by atoms with Gasteiger partial charge in [-0.15, -0.1) is 0 Å². The molecule has 4 rings (SSSR count). The number of aromatic nitrogens is 3. The molecule has 0 bridgehead atoms. The summed E-state index contributed by atoms with van der Waals surface area (Å²) < 4.78 is 0. The third kappa shape index (κ3) is 3.07. The molecule has 2 aromatic heterocycles. The van der Waals surface area contributed by atoms with E-state index in [0.29, 0.717) is 11.5 Å². The molecule has 0 radical (unpaired) electrons. The maximum atomic E-state index is 6.39. The largest absolute Gasteiger partial charge is 0.393 e. The number of nitrogens with two attached hydrogens (primary N) is 1. The number of pyridine rings is 1. The van der Waals surface area contributed by atoms with Crippen LogP contribution in [0.15, 0.2) is 36.7 Å². The highest BCUT2D eigenvalue weighted by molar-refractivity contribution is 5.94. The molecule has 0 spiro atoms. The number of hydrogen-bond acceptors (Lipinski definition) is 6. The molecule has 128 valence electrons. The average molecular weight is 334 g/mol. The molecular formula is C19H22N6. The van der Waals surface area contributed by atoms with Gasteiger partial charge in [-0.05, 0) is 50.5 Å². The van der Waals surface area contributed by atoms with Gasteiger partial charge < -0.3 is 16.0 Å². The Kier molecular flexibility index (Phi) is 4.09. The molecule has 1 fully saturated rings. The first-order chi connectivity index (χ1) is 12.2. The van der Waals surface area contributed by atoms with Crippen LogP contribution in [0.1, 0.15) is 25.0 Å². The lowest BCUT2D eigenvalue weighted by molar-refractivity contribution is 0.574. The Bertz CT molecular complexity index is 902. The maximum absolute atomic E-state index is 6.39. The lowest BCUT2D eigenvalue weighted by Gasteiger charge is -2.29. The van der Waals surface area contributed by atoms with E-state index >= 15 is 0 Å². The van der Waals surface area contributed by atoms with Crippen LogP contribution in [0.3, 0.4) is 0 Å². The third-order valence-corrected chi connectivity index (χ3v) is 4.64. The van der Waals surface area contributed by atoms with Crippen molar-refractivity contribution in [2.24, 2.45) is 0 Å². The average Bonchev–Trinajstić information content (AvgIpc) is 2.64. The lowest BCUT2D eigenvalue weighted by atomic mass is 10.1. The zero-order valence-corrected chi connectivity index (χ0v) is 14.4. The fourth-order valence-corrected chi connectivity index (χ4v) is 3.34. The molecule has 0 aliphatic carbocycles. The van der Waals surface area contributed by atoms with E-state index in [9.17, 15) is 0 Å². The van der Waals surface area contributed by atoms with Crippen molar-refractivity contribution in [3.05, 3.63) is 42.4 Å². The monoisotopic (exact) mass is 334 g/mol. The van der Waals surface area contributed by atoms with Gasteiger partial charge in [0.15, 0.2) is 11.6 Å². The van der Waals surface area contributed by atoms with Gasteiger partial charge in [0.2, 0.25) is 0 Å². The standard InChI is InChI=1S/C19H22N6/c1-13-8-9-14-15(23-13)6-5-7-16(14)24-18-17(20)19(22-12-21-18)25-10-3-2-4-11-25/h5-9,12H,2-4,10-11,20H2,1H3,(H,21,22,24). The van der Waals surface area contributed by atoms with Crippen LogP contribution in [-0.4, -0.2) is 28.0 Å². The van der Waals surface area contributed by atoms with Crippen molar-refractivity contribution < 1.29 is 0 Å². The zero-order chi connectivity index (χ0) is 17.2. The number of aryl methyl sites for hydroxylation is 1. The Morgan fingerprint density at radius 2 is 1.88 bits per heavy atom. The van der Waals surface area contributed by atoms with Crippen molar-refractivity contribution in [1.29, 1.82) is 0 Å². The number of benzene rings is 1. The van der Waals surface area contributed by atoms with Crippen LogP contribution in [0.2, 0.25) is 0 Å². The number of nitrogen functional groups attached to an aromatic ring is 1. The van der Waals surface area contributed by atoms with Crippen molar-refractivity contribution in [3.8, 4) is 0 Å². The van der Waals surface area contributed by atoms with Gasteiger partial charge in [-0.3, -0.25) is 4.98 Å².